The predicted octanol–water partition coefficient (Wildman–Crippen LogP) is 2.09. The van der Waals surface area contributed by atoms with Gasteiger partial charge in [0, 0.05) is 4.88 Å². The molecule has 2 amide bonds. The fourth-order valence-corrected chi connectivity index (χ4v) is 7.68. The number of amides is 2. The van der Waals surface area contributed by atoms with Gasteiger partial charge >= 0.3 is 11.9 Å². The Hall–Kier alpha value is -3.56. The molecule has 4 rings (SSSR count). The second-order valence-corrected chi connectivity index (χ2v) is 12.9. The molecule has 3 aromatic rings. The molecule has 2 heterocycles. The molecular weight excluding hydrogens is 582 g/mol. The first-order valence-electron chi connectivity index (χ1n) is 12.2. The van der Waals surface area contributed by atoms with Gasteiger partial charge in [-0.25, -0.2) is 13.2 Å². The number of ether oxygens (including phenoxy) is 3. The topological polar surface area (TPSA) is 159 Å². The van der Waals surface area contributed by atoms with Crippen molar-refractivity contribution in [1.82, 2.24) is 4.57 Å². The van der Waals surface area contributed by atoms with E-state index in [0.29, 0.717) is 29.0 Å². The standard InChI is InChI=1S/C25H27N3O9S3/c1-4-37-14-8-9-16-18(10-14)39-25(28(16)11-21(31)35-2)27-20(30)13-40(33,34)12-19(29)26-23-22(24(32)36-3)15-6-5-7-17(15)38-23/h8-10H,4-7,11-13H2,1-3H3,(H,26,29). The zero-order chi connectivity index (χ0) is 29.0. The van der Waals surface area contributed by atoms with Crippen molar-refractivity contribution in [3.05, 3.63) is 39.0 Å². The summed E-state index contributed by atoms with van der Waals surface area (Å²) in [7, 11) is -1.77. The van der Waals surface area contributed by atoms with Crippen LogP contribution in [0.3, 0.4) is 0 Å². The molecule has 214 valence electrons. The Bertz CT molecular complexity index is 1670. The summed E-state index contributed by atoms with van der Waals surface area (Å²) in [6.07, 6.45) is 2.31. The van der Waals surface area contributed by atoms with Crippen LogP contribution in [-0.4, -0.2) is 69.1 Å². The molecule has 1 aliphatic carbocycles. The average molecular weight is 610 g/mol. The van der Waals surface area contributed by atoms with Crippen molar-refractivity contribution in [3.8, 4) is 5.75 Å². The number of hydrogen-bond donors (Lipinski definition) is 1. The molecule has 0 unspecified atom stereocenters. The molecule has 40 heavy (non-hydrogen) atoms. The van der Waals surface area contributed by atoms with Crippen molar-refractivity contribution in [1.29, 1.82) is 0 Å². The van der Waals surface area contributed by atoms with E-state index in [1.165, 1.54) is 30.1 Å². The molecule has 0 bridgehead atoms. The number of sulfone groups is 1. The van der Waals surface area contributed by atoms with E-state index >= 15 is 0 Å². The first kappa shape index (κ1) is 29.4. The zero-order valence-corrected chi connectivity index (χ0v) is 24.4. The van der Waals surface area contributed by atoms with Crippen molar-refractivity contribution in [2.75, 3.05) is 37.6 Å². The predicted molar refractivity (Wildman–Crippen MR) is 149 cm³/mol. The van der Waals surface area contributed by atoms with Crippen LogP contribution in [-0.2, 0) is 53.1 Å². The number of thiophene rings is 1. The molecule has 15 heteroatoms. The molecule has 0 spiro atoms. The number of thiazole rings is 1. The van der Waals surface area contributed by atoms with E-state index in [-0.39, 0.29) is 21.9 Å². The van der Waals surface area contributed by atoms with Gasteiger partial charge < -0.3 is 24.1 Å². The quantitative estimate of drug-likeness (QED) is 0.340. The number of aromatic nitrogens is 1. The van der Waals surface area contributed by atoms with E-state index in [1.54, 1.807) is 18.2 Å². The van der Waals surface area contributed by atoms with Gasteiger partial charge in [0.1, 0.15) is 28.8 Å². The van der Waals surface area contributed by atoms with Gasteiger partial charge in [-0.15, -0.1) is 11.3 Å². The molecule has 1 N–H and O–H groups in total. The number of methoxy groups -OCH3 is 2. The highest BCUT2D eigenvalue weighted by molar-refractivity contribution is 7.92. The van der Waals surface area contributed by atoms with Crippen LogP contribution in [0.25, 0.3) is 10.2 Å². The van der Waals surface area contributed by atoms with Crippen LogP contribution < -0.4 is 14.9 Å². The lowest BCUT2D eigenvalue weighted by molar-refractivity contribution is -0.141. The van der Waals surface area contributed by atoms with Crippen LogP contribution in [0.4, 0.5) is 5.00 Å². The van der Waals surface area contributed by atoms with E-state index in [1.807, 2.05) is 6.92 Å². The molecule has 12 nitrogen and oxygen atoms in total. The van der Waals surface area contributed by atoms with Crippen LogP contribution in [0.1, 0.15) is 34.1 Å². The number of benzene rings is 1. The molecule has 0 fully saturated rings. The van der Waals surface area contributed by atoms with Crippen molar-refractivity contribution in [3.63, 3.8) is 0 Å². The SMILES string of the molecule is CCOc1ccc2c(c1)sc(=NC(=O)CS(=O)(=O)CC(=O)Nc1sc3c(c1C(=O)OC)CCC3)n2CC(=O)OC. The summed E-state index contributed by atoms with van der Waals surface area (Å²) in [6.45, 7) is 2.03. The molecule has 2 aromatic heterocycles. The second kappa shape index (κ2) is 12.3. The van der Waals surface area contributed by atoms with Crippen molar-refractivity contribution in [2.45, 2.75) is 32.7 Å². The molecule has 1 aromatic carbocycles. The number of hydrogen-bond acceptors (Lipinski definition) is 11. The normalized spacial score (nSPS) is 13.2. The molecule has 0 saturated carbocycles. The van der Waals surface area contributed by atoms with E-state index < -0.39 is 45.1 Å². The lowest BCUT2D eigenvalue weighted by Gasteiger charge is -2.07. The number of nitrogens with one attached hydrogen (secondary N) is 1. The van der Waals surface area contributed by atoms with Crippen LogP contribution in [0, 0.1) is 0 Å². The lowest BCUT2D eigenvalue weighted by Crippen LogP contribution is -2.29. The first-order chi connectivity index (χ1) is 19.0. The average Bonchev–Trinajstić information content (AvgIpc) is 3.56. The van der Waals surface area contributed by atoms with Crippen molar-refractivity contribution >= 4 is 71.5 Å². The fraction of sp³-hybridized carbons (Fsp3) is 0.400. The van der Waals surface area contributed by atoms with Crippen molar-refractivity contribution < 1.29 is 41.8 Å². The van der Waals surface area contributed by atoms with Gasteiger partial charge in [0.2, 0.25) is 5.91 Å². The highest BCUT2D eigenvalue weighted by atomic mass is 32.2. The smallest absolute Gasteiger partial charge is 0.341 e. The number of carbonyl (C=O) groups is 4. The van der Waals surface area contributed by atoms with Gasteiger partial charge in [0.25, 0.3) is 5.91 Å². The van der Waals surface area contributed by atoms with E-state index in [4.69, 9.17) is 14.2 Å². The Kier molecular flexibility index (Phi) is 9.05. The van der Waals surface area contributed by atoms with Crippen LogP contribution >= 0.6 is 22.7 Å². The Labute approximate surface area is 237 Å². The minimum atomic E-state index is -4.22. The number of aryl methyl sites for hydroxylation is 1. The first-order valence-corrected chi connectivity index (χ1v) is 15.6. The Morgan fingerprint density at radius 2 is 1.85 bits per heavy atom. The van der Waals surface area contributed by atoms with E-state index in [2.05, 4.69) is 10.3 Å². The van der Waals surface area contributed by atoms with Crippen LogP contribution in [0.15, 0.2) is 23.2 Å². The highest BCUT2D eigenvalue weighted by Crippen LogP contribution is 2.39. The van der Waals surface area contributed by atoms with Gasteiger partial charge in [-0.05, 0) is 49.9 Å². The third-order valence-electron chi connectivity index (χ3n) is 5.96. The highest BCUT2D eigenvalue weighted by Gasteiger charge is 2.29. The number of nitrogens with zero attached hydrogens (tertiary/aromatic N) is 2. The number of rotatable bonds is 10. The van der Waals surface area contributed by atoms with Gasteiger partial charge in [-0.3, -0.25) is 14.4 Å². The number of fused-ring (bicyclic) bond motifs is 2. The fourth-order valence-electron chi connectivity index (χ4n) is 4.29. The number of carbonyl (C=O) groups excluding carboxylic acids is 4. The summed E-state index contributed by atoms with van der Waals surface area (Å²) >= 11 is 2.29. The minimum absolute atomic E-state index is 0.0921. The number of esters is 2. The maximum atomic E-state index is 12.7. The Morgan fingerprint density at radius 1 is 1.07 bits per heavy atom. The van der Waals surface area contributed by atoms with E-state index in [0.717, 1.165) is 34.6 Å². The zero-order valence-electron chi connectivity index (χ0n) is 22.0. The van der Waals surface area contributed by atoms with Gasteiger partial charge in [-0.1, -0.05) is 11.3 Å². The maximum Gasteiger partial charge on any atom is 0.341 e. The van der Waals surface area contributed by atoms with Gasteiger partial charge in [-0.2, -0.15) is 4.99 Å². The van der Waals surface area contributed by atoms with Gasteiger partial charge in [0.05, 0.1) is 36.6 Å². The molecule has 1 aliphatic rings. The second-order valence-electron chi connectivity index (χ2n) is 8.75. The van der Waals surface area contributed by atoms with Crippen molar-refractivity contribution in [2.24, 2.45) is 4.99 Å². The monoisotopic (exact) mass is 609 g/mol. The van der Waals surface area contributed by atoms with Gasteiger partial charge in [0.15, 0.2) is 14.6 Å². The summed E-state index contributed by atoms with van der Waals surface area (Å²) < 4.78 is 42.6. The lowest BCUT2D eigenvalue weighted by atomic mass is 10.1. The van der Waals surface area contributed by atoms with E-state index in [9.17, 15) is 27.6 Å². The summed E-state index contributed by atoms with van der Waals surface area (Å²) in [5, 5.41) is 2.73. The summed E-state index contributed by atoms with van der Waals surface area (Å²) in [5.74, 6) is -4.51. The largest absolute Gasteiger partial charge is 0.494 e. The van der Waals surface area contributed by atoms with Crippen LogP contribution in [0.5, 0.6) is 5.75 Å². The Morgan fingerprint density at radius 3 is 2.55 bits per heavy atom. The molecular formula is C25H27N3O9S3. The third-order valence-corrected chi connectivity index (χ3v) is 9.60. The molecule has 0 aliphatic heterocycles. The molecule has 0 saturated heterocycles. The molecule has 0 atom stereocenters. The summed E-state index contributed by atoms with van der Waals surface area (Å²) in [5.41, 5.74) is 1.63. The molecule has 0 radical (unpaired) electrons. The van der Waals surface area contributed by atoms with Crippen LogP contribution in [0.2, 0.25) is 0 Å². The maximum absolute atomic E-state index is 12.7. The third kappa shape index (κ3) is 6.59. The summed E-state index contributed by atoms with van der Waals surface area (Å²) in [6, 6.07) is 5.13. The summed E-state index contributed by atoms with van der Waals surface area (Å²) in [4.78, 5) is 54.6. The minimum Gasteiger partial charge on any atom is -0.494 e. The number of anilines is 1. The Balaban J connectivity index is 1.53.